The number of nitrogens with one attached hydrogen (secondary N) is 1. The minimum atomic E-state index is -3.93. The zero-order valence-electron chi connectivity index (χ0n) is 19.4. The van der Waals surface area contributed by atoms with E-state index in [-0.39, 0.29) is 17.1 Å². The first kappa shape index (κ1) is 25.6. The van der Waals surface area contributed by atoms with Crippen LogP contribution < -0.4 is 21.5 Å². The van der Waals surface area contributed by atoms with Gasteiger partial charge in [0.2, 0.25) is 12.3 Å². The fourth-order valence-corrected chi connectivity index (χ4v) is 3.60. The third-order valence-corrected chi connectivity index (χ3v) is 5.41. The molecule has 1 saturated heterocycles. The fourth-order valence-electron chi connectivity index (χ4n) is 3.60. The van der Waals surface area contributed by atoms with Gasteiger partial charge in [0, 0.05) is 11.9 Å². The topological polar surface area (TPSA) is 144 Å². The van der Waals surface area contributed by atoms with Crippen LogP contribution in [0.4, 0.5) is 25.1 Å². The molecule has 1 aliphatic rings. The number of hydrogen-bond donors (Lipinski definition) is 2. The van der Waals surface area contributed by atoms with Crippen molar-refractivity contribution >= 4 is 23.6 Å². The van der Waals surface area contributed by atoms with E-state index in [1.807, 2.05) is 0 Å². The lowest BCUT2D eigenvalue weighted by atomic mass is 10.1. The fraction of sp³-hybridized carbons (Fsp3) is 0.250. The van der Waals surface area contributed by atoms with Crippen molar-refractivity contribution in [2.24, 2.45) is 0 Å². The van der Waals surface area contributed by atoms with Crippen molar-refractivity contribution in [2.45, 2.75) is 24.4 Å². The second-order valence-electron chi connectivity index (χ2n) is 7.89. The Morgan fingerprint density at radius 1 is 1.14 bits per heavy atom. The molecule has 3 N–H and O–H groups in total. The number of halogens is 2. The average molecular weight is 516 g/mol. The monoisotopic (exact) mass is 516 g/mol. The Hall–Kier alpha value is -4.52. The summed E-state index contributed by atoms with van der Waals surface area (Å²) < 4.78 is 52.2. The number of benzene rings is 2. The first-order valence-electron chi connectivity index (χ1n) is 10.9. The van der Waals surface area contributed by atoms with Gasteiger partial charge in [-0.15, -0.1) is 0 Å². The number of hydrogen-bond acceptors (Lipinski definition) is 9. The number of ether oxygens (including phenoxy) is 4. The molecule has 194 valence electrons. The minimum Gasteiger partial charge on any atom is -0.497 e. The molecule has 0 spiro atoms. The highest BCUT2D eigenvalue weighted by Gasteiger charge is 2.63. The summed E-state index contributed by atoms with van der Waals surface area (Å²) in [6, 6.07) is 15.0. The summed E-state index contributed by atoms with van der Waals surface area (Å²) in [5, 5.41) is 2.33. The Morgan fingerprint density at radius 2 is 1.84 bits per heavy atom. The van der Waals surface area contributed by atoms with E-state index in [2.05, 4.69) is 10.3 Å². The predicted molar refractivity (Wildman–Crippen MR) is 125 cm³/mol. The van der Waals surface area contributed by atoms with Crippen LogP contribution in [0.3, 0.4) is 0 Å². The quantitative estimate of drug-likeness (QED) is 0.453. The van der Waals surface area contributed by atoms with E-state index in [1.54, 1.807) is 30.3 Å². The molecule has 0 unspecified atom stereocenters. The highest BCUT2D eigenvalue weighted by atomic mass is 19.3. The van der Waals surface area contributed by atoms with E-state index >= 15 is 8.78 Å². The molecule has 0 saturated carbocycles. The summed E-state index contributed by atoms with van der Waals surface area (Å²) >= 11 is 0. The third kappa shape index (κ3) is 5.67. The molecule has 0 radical (unpaired) electrons. The number of esters is 1. The largest absolute Gasteiger partial charge is 0.497 e. The molecule has 13 heteroatoms. The summed E-state index contributed by atoms with van der Waals surface area (Å²) in [6.45, 7) is -0.697. The molecule has 0 bridgehead atoms. The normalized spacial score (nSPS) is 20.1. The Bertz CT molecular complexity index is 1320. The zero-order chi connectivity index (χ0) is 26.6. The number of nitrogen functional groups attached to an aromatic ring is 1. The molecule has 1 amide bonds. The van der Waals surface area contributed by atoms with Gasteiger partial charge in [-0.1, -0.05) is 18.2 Å². The van der Waals surface area contributed by atoms with Crippen LogP contribution in [-0.2, 0) is 14.2 Å². The standard InChI is InChI=1S/C24H22F2N4O7/c1-34-16-9-7-15(8-10-16)28-23(33)37-19-17(13-35-20(31)14-5-3-2-4-6-14)36-21(24(19,25)26)30-12-11-18(27)29-22(30)32/h2-12,17,19,21H,13H2,1H3,(H,28,33)(H2,27,29,32)/t17-,19-,21-/m1/s1. The van der Waals surface area contributed by atoms with Gasteiger partial charge in [0.25, 0.3) is 0 Å². The molecular formula is C24H22F2N4O7. The van der Waals surface area contributed by atoms with E-state index in [9.17, 15) is 14.4 Å². The lowest BCUT2D eigenvalue weighted by molar-refractivity contribution is -0.140. The highest BCUT2D eigenvalue weighted by molar-refractivity contribution is 5.89. The first-order chi connectivity index (χ1) is 17.7. The van der Waals surface area contributed by atoms with Crippen molar-refractivity contribution in [3.05, 3.63) is 82.9 Å². The summed E-state index contributed by atoms with van der Waals surface area (Å²) in [6.07, 6.45) is -6.31. The second kappa shape index (κ2) is 10.6. The number of alkyl halides is 2. The maximum Gasteiger partial charge on any atom is 0.412 e. The summed E-state index contributed by atoms with van der Waals surface area (Å²) in [5.74, 6) is -4.39. The van der Waals surface area contributed by atoms with Crippen molar-refractivity contribution in [3.8, 4) is 5.75 Å². The maximum absolute atomic E-state index is 15.5. The van der Waals surface area contributed by atoms with Crippen LogP contribution in [0.25, 0.3) is 0 Å². The minimum absolute atomic E-state index is 0.178. The van der Waals surface area contributed by atoms with Gasteiger partial charge in [-0.3, -0.25) is 9.88 Å². The molecule has 1 aliphatic heterocycles. The third-order valence-electron chi connectivity index (χ3n) is 5.41. The summed E-state index contributed by atoms with van der Waals surface area (Å²) in [7, 11) is 1.46. The van der Waals surface area contributed by atoms with Crippen molar-refractivity contribution in [1.29, 1.82) is 0 Å². The number of nitrogens with zero attached hydrogens (tertiary/aromatic N) is 2. The Balaban J connectivity index is 1.55. The molecule has 1 fully saturated rings. The highest BCUT2D eigenvalue weighted by Crippen LogP contribution is 2.44. The molecular weight excluding hydrogens is 494 g/mol. The van der Waals surface area contributed by atoms with Gasteiger partial charge in [0.1, 0.15) is 24.3 Å². The van der Waals surface area contributed by atoms with Crippen molar-refractivity contribution in [2.75, 3.05) is 24.8 Å². The Kier molecular flexibility index (Phi) is 7.34. The smallest absolute Gasteiger partial charge is 0.412 e. The van der Waals surface area contributed by atoms with Crippen LogP contribution in [0, 0.1) is 0 Å². The first-order valence-corrected chi connectivity index (χ1v) is 10.9. The molecule has 37 heavy (non-hydrogen) atoms. The van der Waals surface area contributed by atoms with Crippen LogP contribution in [0.15, 0.2) is 71.7 Å². The molecule has 2 aromatic carbocycles. The molecule has 3 aromatic rings. The average Bonchev–Trinajstić information content (AvgIpc) is 3.12. The van der Waals surface area contributed by atoms with E-state index in [4.69, 9.17) is 24.7 Å². The van der Waals surface area contributed by atoms with Gasteiger partial charge in [-0.05, 0) is 42.5 Å². The van der Waals surface area contributed by atoms with Crippen molar-refractivity contribution in [1.82, 2.24) is 9.55 Å². The van der Waals surface area contributed by atoms with Crippen molar-refractivity contribution < 1.29 is 37.3 Å². The van der Waals surface area contributed by atoms with Gasteiger partial charge in [-0.25, -0.2) is 14.4 Å². The summed E-state index contributed by atoms with van der Waals surface area (Å²) in [5.41, 5.74) is 4.77. The number of nitrogens with two attached hydrogens (primary N) is 1. The number of amides is 1. The number of rotatable bonds is 7. The van der Waals surface area contributed by atoms with Gasteiger partial charge in [0.05, 0.1) is 12.7 Å². The maximum atomic E-state index is 15.5. The zero-order valence-corrected chi connectivity index (χ0v) is 19.4. The molecule has 11 nitrogen and oxygen atoms in total. The SMILES string of the molecule is COc1ccc(NC(=O)O[C@@H]2[C@@H](COC(=O)c3ccccc3)O[C@@H](n3ccc(N)nc3=O)C2(F)F)cc1. The van der Waals surface area contributed by atoms with Gasteiger partial charge >= 0.3 is 23.7 Å². The summed E-state index contributed by atoms with van der Waals surface area (Å²) in [4.78, 5) is 40.5. The molecule has 3 atom stereocenters. The molecule has 1 aromatic heterocycles. The number of carbonyl (C=O) groups excluding carboxylic acids is 2. The van der Waals surface area contributed by atoms with E-state index in [0.29, 0.717) is 10.3 Å². The van der Waals surface area contributed by atoms with Crippen LogP contribution >= 0.6 is 0 Å². The Labute approximate surface area is 208 Å². The van der Waals surface area contributed by atoms with Crippen LogP contribution in [0.5, 0.6) is 5.75 Å². The van der Waals surface area contributed by atoms with E-state index in [0.717, 1.165) is 12.3 Å². The number of methoxy groups -OCH3 is 1. The van der Waals surface area contributed by atoms with E-state index < -0.39 is 48.7 Å². The number of anilines is 2. The molecule has 4 rings (SSSR count). The van der Waals surface area contributed by atoms with Crippen LogP contribution in [0.1, 0.15) is 16.6 Å². The number of aromatic nitrogens is 2. The van der Waals surface area contributed by atoms with Crippen molar-refractivity contribution in [3.63, 3.8) is 0 Å². The lowest BCUT2D eigenvalue weighted by Gasteiger charge is -2.24. The number of carbonyl (C=O) groups is 2. The van der Waals surface area contributed by atoms with Crippen LogP contribution in [-0.4, -0.2) is 53.5 Å². The van der Waals surface area contributed by atoms with E-state index in [1.165, 1.54) is 31.4 Å². The Morgan fingerprint density at radius 3 is 2.49 bits per heavy atom. The van der Waals surface area contributed by atoms with Gasteiger partial charge in [0.15, 0.2) is 0 Å². The lowest BCUT2D eigenvalue weighted by Crippen LogP contribution is -2.45. The van der Waals surface area contributed by atoms with Crippen LogP contribution in [0.2, 0.25) is 0 Å². The van der Waals surface area contributed by atoms with Gasteiger partial charge < -0.3 is 24.7 Å². The van der Waals surface area contributed by atoms with Gasteiger partial charge in [-0.2, -0.15) is 13.8 Å². The predicted octanol–water partition coefficient (Wildman–Crippen LogP) is 2.84. The molecule has 2 heterocycles. The molecule has 0 aliphatic carbocycles. The second-order valence-corrected chi connectivity index (χ2v) is 7.89.